The maximum Gasteiger partial charge on any atom is 0.316 e. The first-order valence-corrected chi connectivity index (χ1v) is 7.66. The zero-order chi connectivity index (χ0) is 17.0. The van der Waals surface area contributed by atoms with Crippen molar-refractivity contribution in [2.75, 3.05) is 0 Å². The number of nitrogens with two attached hydrogens (primary N) is 2. The lowest BCUT2D eigenvalue weighted by Gasteiger charge is -2.21. The highest BCUT2D eigenvalue weighted by Gasteiger charge is 2.24. The van der Waals surface area contributed by atoms with Crippen molar-refractivity contribution in [2.24, 2.45) is 11.5 Å². The summed E-state index contributed by atoms with van der Waals surface area (Å²) in [5.41, 5.74) is 13.7. The summed E-state index contributed by atoms with van der Waals surface area (Å²) in [6.45, 7) is 1.83. The molecule has 124 valence electrons. The molecular formula is C16H22N4O3. The number of fused-ring (bicyclic) bond motifs is 1. The third kappa shape index (κ3) is 4.21. The van der Waals surface area contributed by atoms with Gasteiger partial charge in [0.2, 0.25) is 11.8 Å². The SMILES string of the molecule is CC(NC(=O)NC(C(N)=O)C(N)=O)c1ccc2c(c1)CCCC2. The molecule has 1 aliphatic rings. The number of hydrogen-bond donors (Lipinski definition) is 4. The van der Waals surface area contributed by atoms with E-state index >= 15 is 0 Å². The average molecular weight is 318 g/mol. The molecule has 6 N–H and O–H groups in total. The molecule has 1 aliphatic carbocycles. The van der Waals surface area contributed by atoms with Crippen molar-refractivity contribution in [1.82, 2.24) is 10.6 Å². The standard InChI is InChI=1S/C16H22N4O3/c1-9(19-16(23)20-13(14(17)21)15(18)22)11-7-6-10-4-2-3-5-12(10)8-11/h6-9,13H,2-5H2,1H3,(H2,17,21)(H2,18,22)(H2,19,20,23). The molecular weight excluding hydrogens is 296 g/mol. The van der Waals surface area contributed by atoms with Gasteiger partial charge in [0.15, 0.2) is 6.04 Å². The van der Waals surface area contributed by atoms with Gasteiger partial charge in [0, 0.05) is 0 Å². The van der Waals surface area contributed by atoms with Crippen molar-refractivity contribution in [3.05, 3.63) is 34.9 Å². The normalized spacial score (nSPS) is 14.7. The molecule has 0 spiro atoms. The van der Waals surface area contributed by atoms with Crippen LogP contribution in [0, 0.1) is 0 Å². The van der Waals surface area contributed by atoms with E-state index in [1.54, 1.807) is 0 Å². The van der Waals surface area contributed by atoms with Crippen LogP contribution in [0.1, 0.15) is 42.5 Å². The fourth-order valence-electron chi connectivity index (χ4n) is 2.76. The van der Waals surface area contributed by atoms with Crippen LogP contribution in [0.4, 0.5) is 4.79 Å². The maximum absolute atomic E-state index is 11.9. The molecule has 4 amide bonds. The number of carbonyl (C=O) groups excluding carboxylic acids is 3. The molecule has 0 radical (unpaired) electrons. The van der Waals surface area contributed by atoms with Gasteiger partial charge < -0.3 is 22.1 Å². The van der Waals surface area contributed by atoms with E-state index in [1.165, 1.54) is 24.0 Å². The van der Waals surface area contributed by atoms with Gasteiger partial charge in [-0.05, 0) is 49.3 Å². The van der Waals surface area contributed by atoms with Crippen LogP contribution in [0.5, 0.6) is 0 Å². The third-order valence-electron chi connectivity index (χ3n) is 4.06. The second kappa shape index (κ2) is 7.13. The van der Waals surface area contributed by atoms with Crippen LogP contribution >= 0.6 is 0 Å². The van der Waals surface area contributed by atoms with E-state index in [2.05, 4.69) is 22.8 Å². The molecule has 7 heteroatoms. The molecule has 0 aliphatic heterocycles. The summed E-state index contributed by atoms with van der Waals surface area (Å²) in [7, 11) is 0. The average Bonchev–Trinajstić information content (AvgIpc) is 2.51. The van der Waals surface area contributed by atoms with Crippen LogP contribution in [-0.4, -0.2) is 23.9 Å². The Hall–Kier alpha value is -2.57. The number of nitrogens with one attached hydrogen (secondary N) is 2. The predicted octanol–water partition coefficient (Wildman–Crippen LogP) is 0.265. The number of benzene rings is 1. The second-order valence-electron chi connectivity index (χ2n) is 5.81. The smallest absolute Gasteiger partial charge is 0.316 e. The van der Waals surface area contributed by atoms with Gasteiger partial charge in [-0.15, -0.1) is 0 Å². The lowest BCUT2D eigenvalue weighted by atomic mass is 9.89. The molecule has 7 nitrogen and oxygen atoms in total. The second-order valence-corrected chi connectivity index (χ2v) is 5.81. The Kier molecular flexibility index (Phi) is 5.20. The van der Waals surface area contributed by atoms with Gasteiger partial charge in [0.1, 0.15) is 0 Å². The molecule has 0 fully saturated rings. The Balaban J connectivity index is 2.01. The lowest BCUT2D eigenvalue weighted by molar-refractivity contribution is -0.128. The zero-order valence-corrected chi connectivity index (χ0v) is 13.1. The molecule has 2 rings (SSSR count). The quantitative estimate of drug-likeness (QED) is 0.582. The first-order valence-electron chi connectivity index (χ1n) is 7.66. The minimum Gasteiger partial charge on any atom is -0.367 e. The number of hydrogen-bond acceptors (Lipinski definition) is 3. The Morgan fingerprint density at radius 3 is 2.22 bits per heavy atom. The van der Waals surface area contributed by atoms with Gasteiger partial charge in [-0.3, -0.25) is 9.59 Å². The van der Waals surface area contributed by atoms with Gasteiger partial charge in [-0.1, -0.05) is 18.2 Å². The van der Waals surface area contributed by atoms with Crippen LogP contribution < -0.4 is 22.1 Å². The first kappa shape index (κ1) is 16.8. The van der Waals surface area contributed by atoms with E-state index in [9.17, 15) is 14.4 Å². The van der Waals surface area contributed by atoms with Gasteiger partial charge in [-0.25, -0.2) is 4.79 Å². The summed E-state index contributed by atoms with van der Waals surface area (Å²) in [6, 6.07) is 3.70. The van der Waals surface area contributed by atoms with E-state index in [1.807, 2.05) is 13.0 Å². The molecule has 1 aromatic carbocycles. The molecule has 0 aromatic heterocycles. The fourth-order valence-corrected chi connectivity index (χ4v) is 2.76. The number of urea groups is 1. The number of carbonyl (C=O) groups is 3. The molecule has 1 unspecified atom stereocenters. The highest BCUT2D eigenvalue weighted by atomic mass is 16.2. The molecule has 0 bridgehead atoms. The van der Waals surface area contributed by atoms with Gasteiger partial charge >= 0.3 is 6.03 Å². The molecule has 23 heavy (non-hydrogen) atoms. The maximum atomic E-state index is 11.9. The number of rotatable bonds is 5. The Morgan fingerprint density at radius 2 is 1.61 bits per heavy atom. The largest absolute Gasteiger partial charge is 0.367 e. The minimum atomic E-state index is -1.52. The zero-order valence-electron chi connectivity index (χ0n) is 13.1. The lowest BCUT2D eigenvalue weighted by Crippen LogP contribution is -2.55. The third-order valence-corrected chi connectivity index (χ3v) is 4.06. The summed E-state index contributed by atoms with van der Waals surface area (Å²) in [5, 5.41) is 4.86. The molecule has 0 saturated carbocycles. The summed E-state index contributed by atoms with van der Waals surface area (Å²) in [6.07, 6.45) is 4.53. The highest BCUT2D eigenvalue weighted by Crippen LogP contribution is 2.24. The van der Waals surface area contributed by atoms with Crippen LogP contribution in [-0.2, 0) is 22.4 Å². The van der Waals surface area contributed by atoms with Crippen molar-refractivity contribution in [3.63, 3.8) is 0 Å². The van der Waals surface area contributed by atoms with Crippen molar-refractivity contribution in [1.29, 1.82) is 0 Å². The van der Waals surface area contributed by atoms with Crippen molar-refractivity contribution < 1.29 is 14.4 Å². The monoisotopic (exact) mass is 318 g/mol. The van der Waals surface area contributed by atoms with Gasteiger partial charge in [0.25, 0.3) is 0 Å². The van der Waals surface area contributed by atoms with Crippen molar-refractivity contribution >= 4 is 17.8 Å². The molecule has 1 aromatic rings. The topological polar surface area (TPSA) is 127 Å². The summed E-state index contributed by atoms with van der Waals surface area (Å²) in [4.78, 5) is 34.0. The van der Waals surface area contributed by atoms with E-state index in [-0.39, 0.29) is 6.04 Å². The van der Waals surface area contributed by atoms with Crippen LogP contribution in [0.25, 0.3) is 0 Å². The number of aryl methyl sites for hydroxylation is 2. The first-order chi connectivity index (χ1) is 10.9. The fraction of sp³-hybridized carbons (Fsp3) is 0.438. The Bertz CT molecular complexity index is 616. The van der Waals surface area contributed by atoms with E-state index in [0.29, 0.717) is 0 Å². The Morgan fingerprint density at radius 1 is 1.00 bits per heavy atom. The van der Waals surface area contributed by atoms with E-state index < -0.39 is 23.9 Å². The summed E-state index contributed by atoms with van der Waals surface area (Å²) < 4.78 is 0. The molecule has 1 atom stereocenters. The van der Waals surface area contributed by atoms with E-state index in [0.717, 1.165) is 18.4 Å². The highest BCUT2D eigenvalue weighted by molar-refractivity contribution is 6.05. The van der Waals surface area contributed by atoms with Crippen LogP contribution in [0.15, 0.2) is 18.2 Å². The summed E-state index contributed by atoms with van der Waals surface area (Å²) >= 11 is 0. The number of primary amides is 2. The minimum absolute atomic E-state index is 0.274. The number of amides is 4. The van der Waals surface area contributed by atoms with Gasteiger partial charge in [-0.2, -0.15) is 0 Å². The molecule has 0 heterocycles. The molecule has 0 saturated heterocycles. The summed E-state index contributed by atoms with van der Waals surface area (Å²) in [5.74, 6) is -1.98. The van der Waals surface area contributed by atoms with E-state index in [4.69, 9.17) is 11.5 Å². The van der Waals surface area contributed by atoms with Crippen molar-refractivity contribution in [2.45, 2.75) is 44.7 Å². The van der Waals surface area contributed by atoms with Crippen molar-refractivity contribution in [3.8, 4) is 0 Å². The van der Waals surface area contributed by atoms with Crippen LogP contribution in [0.3, 0.4) is 0 Å². The van der Waals surface area contributed by atoms with Crippen LogP contribution in [0.2, 0.25) is 0 Å². The Labute approximate surface area is 134 Å². The predicted molar refractivity (Wildman–Crippen MR) is 85.3 cm³/mol. The van der Waals surface area contributed by atoms with Gasteiger partial charge in [0.05, 0.1) is 6.04 Å².